The largest absolute Gasteiger partial charge is 0.481 e. The molecule has 2 rings (SSSR count). The molecule has 0 aliphatic heterocycles. The number of nitrogens with zero attached hydrogens (tertiary/aromatic N) is 1. The van der Waals surface area contributed by atoms with E-state index in [9.17, 15) is 4.79 Å². The molecule has 0 radical (unpaired) electrons. The van der Waals surface area contributed by atoms with Crippen LogP contribution in [-0.4, -0.2) is 29.9 Å². The van der Waals surface area contributed by atoms with Crippen LogP contribution in [0.5, 0.6) is 5.75 Å². The molecule has 0 aliphatic rings. The number of rotatable bonds is 5. The summed E-state index contributed by atoms with van der Waals surface area (Å²) in [6.45, 7) is 0.572. The van der Waals surface area contributed by atoms with Gasteiger partial charge in [-0.15, -0.1) is 11.6 Å². The molecule has 4 nitrogen and oxygen atoms in total. The van der Waals surface area contributed by atoms with Crippen molar-refractivity contribution in [3.8, 4) is 17.6 Å². The minimum absolute atomic E-state index is 0.0965. The monoisotopic (exact) mass is 302 g/mol. The quantitative estimate of drug-likeness (QED) is 0.681. The standard InChI is InChI=1S/C16H15ClN2O2/c17-8-7-16(20)19-9-1-2-11-21-14-6-5-13-4-3-10-18-15(13)12-14/h3-6,10,12H,7-9,11H2,(H,19,20). The summed E-state index contributed by atoms with van der Waals surface area (Å²) < 4.78 is 5.52. The van der Waals surface area contributed by atoms with Gasteiger partial charge in [-0.3, -0.25) is 9.78 Å². The molecule has 0 saturated carbocycles. The number of alkyl halides is 1. The zero-order valence-corrected chi connectivity index (χ0v) is 12.2. The summed E-state index contributed by atoms with van der Waals surface area (Å²) in [6.07, 6.45) is 2.05. The highest BCUT2D eigenvalue weighted by Gasteiger charge is 1.97. The fraction of sp³-hybridized carbons (Fsp3) is 0.250. The topological polar surface area (TPSA) is 51.2 Å². The summed E-state index contributed by atoms with van der Waals surface area (Å²) in [6, 6.07) is 9.60. The summed E-state index contributed by atoms with van der Waals surface area (Å²) in [4.78, 5) is 15.4. The van der Waals surface area contributed by atoms with E-state index in [1.165, 1.54) is 0 Å². The molecule has 5 heteroatoms. The predicted molar refractivity (Wildman–Crippen MR) is 83.4 cm³/mol. The van der Waals surface area contributed by atoms with Crippen molar-refractivity contribution in [2.45, 2.75) is 6.42 Å². The lowest BCUT2D eigenvalue weighted by Gasteiger charge is -2.03. The van der Waals surface area contributed by atoms with E-state index in [1.54, 1.807) is 6.20 Å². The Balaban J connectivity index is 1.79. The van der Waals surface area contributed by atoms with Crippen LogP contribution in [0.3, 0.4) is 0 Å². The van der Waals surface area contributed by atoms with Crippen LogP contribution in [0, 0.1) is 11.8 Å². The van der Waals surface area contributed by atoms with Crippen molar-refractivity contribution >= 4 is 28.4 Å². The molecule has 0 unspecified atom stereocenters. The lowest BCUT2D eigenvalue weighted by atomic mass is 10.2. The van der Waals surface area contributed by atoms with Crippen LogP contribution in [0.2, 0.25) is 0 Å². The van der Waals surface area contributed by atoms with Gasteiger partial charge in [-0.1, -0.05) is 17.9 Å². The Labute approximate surface area is 128 Å². The second-order valence-corrected chi connectivity index (χ2v) is 4.59. The van der Waals surface area contributed by atoms with Crippen molar-refractivity contribution in [1.29, 1.82) is 0 Å². The van der Waals surface area contributed by atoms with Crippen LogP contribution in [0.25, 0.3) is 10.9 Å². The highest BCUT2D eigenvalue weighted by Crippen LogP contribution is 2.18. The van der Waals surface area contributed by atoms with E-state index in [2.05, 4.69) is 22.1 Å². The third-order valence-corrected chi connectivity index (χ3v) is 2.90. The Morgan fingerprint density at radius 2 is 2.24 bits per heavy atom. The predicted octanol–water partition coefficient (Wildman–Crippen LogP) is 2.36. The minimum atomic E-state index is -0.0965. The number of pyridine rings is 1. The molecule has 0 fully saturated rings. The first kappa shape index (κ1) is 15.1. The Bertz CT molecular complexity index is 677. The Morgan fingerprint density at radius 1 is 1.33 bits per heavy atom. The molecule has 108 valence electrons. The van der Waals surface area contributed by atoms with Crippen molar-refractivity contribution < 1.29 is 9.53 Å². The van der Waals surface area contributed by atoms with Crippen molar-refractivity contribution in [3.63, 3.8) is 0 Å². The van der Waals surface area contributed by atoms with E-state index < -0.39 is 0 Å². The molecule has 1 amide bonds. The Morgan fingerprint density at radius 3 is 3.10 bits per heavy atom. The van der Waals surface area contributed by atoms with Gasteiger partial charge >= 0.3 is 0 Å². The van der Waals surface area contributed by atoms with Gasteiger partial charge in [-0.25, -0.2) is 0 Å². The Hall–Kier alpha value is -2.25. The van der Waals surface area contributed by atoms with E-state index in [-0.39, 0.29) is 12.5 Å². The number of carbonyl (C=O) groups is 1. The van der Waals surface area contributed by atoms with Crippen molar-refractivity contribution in [3.05, 3.63) is 36.5 Å². The lowest BCUT2D eigenvalue weighted by Crippen LogP contribution is -2.23. The van der Waals surface area contributed by atoms with Crippen molar-refractivity contribution in [1.82, 2.24) is 10.3 Å². The Kier molecular flexibility index (Phi) is 5.86. The number of hydrogen-bond donors (Lipinski definition) is 1. The summed E-state index contributed by atoms with van der Waals surface area (Å²) >= 11 is 5.45. The molecule has 1 N–H and O–H groups in total. The summed E-state index contributed by atoms with van der Waals surface area (Å²) in [7, 11) is 0. The van der Waals surface area contributed by atoms with E-state index in [4.69, 9.17) is 16.3 Å². The van der Waals surface area contributed by atoms with Crippen LogP contribution in [-0.2, 0) is 4.79 Å². The van der Waals surface area contributed by atoms with E-state index in [0.717, 1.165) is 16.7 Å². The molecule has 0 spiro atoms. The first-order chi connectivity index (χ1) is 10.3. The molecule has 1 aromatic carbocycles. The SMILES string of the molecule is O=C(CCCl)NCC#CCOc1ccc2cccnc2c1. The van der Waals surface area contributed by atoms with Gasteiger partial charge in [0, 0.05) is 30.0 Å². The second kappa shape index (κ2) is 8.13. The zero-order chi connectivity index (χ0) is 14.9. The summed E-state index contributed by atoms with van der Waals surface area (Å²) in [5, 5.41) is 3.71. The van der Waals surface area contributed by atoms with E-state index in [0.29, 0.717) is 18.8 Å². The maximum absolute atomic E-state index is 11.1. The number of benzene rings is 1. The van der Waals surface area contributed by atoms with Crippen LogP contribution in [0.1, 0.15) is 6.42 Å². The fourth-order valence-corrected chi connectivity index (χ4v) is 1.86. The molecular weight excluding hydrogens is 288 g/mol. The number of carbonyl (C=O) groups excluding carboxylic acids is 1. The van der Waals surface area contributed by atoms with Crippen LogP contribution < -0.4 is 10.1 Å². The molecule has 0 saturated heterocycles. The molecule has 2 aromatic rings. The maximum Gasteiger partial charge on any atom is 0.221 e. The molecule has 1 heterocycles. The van der Waals surface area contributed by atoms with E-state index in [1.807, 2.05) is 30.3 Å². The molecular formula is C16H15ClN2O2. The smallest absolute Gasteiger partial charge is 0.221 e. The third-order valence-electron chi connectivity index (χ3n) is 2.71. The van der Waals surface area contributed by atoms with Crippen molar-refractivity contribution in [2.75, 3.05) is 19.0 Å². The van der Waals surface area contributed by atoms with Gasteiger partial charge in [0.25, 0.3) is 0 Å². The van der Waals surface area contributed by atoms with Crippen LogP contribution in [0.4, 0.5) is 0 Å². The summed E-state index contributed by atoms with van der Waals surface area (Å²) in [5.41, 5.74) is 0.885. The number of halogens is 1. The van der Waals surface area contributed by atoms with Gasteiger partial charge in [-0.2, -0.15) is 0 Å². The summed E-state index contributed by atoms with van der Waals surface area (Å²) in [5.74, 6) is 6.60. The van der Waals surface area contributed by atoms with Gasteiger partial charge in [0.15, 0.2) is 0 Å². The minimum Gasteiger partial charge on any atom is -0.481 e. The highest BCUT2D eigenvalue weighted by atomic mass is 35.5. The molecule has 1 aromatic heterocycles. The maximum atomic E-state index is 11.1. The fourth-order valence-electron chi connectivity index (χ4n) is 1.69. The number of hydrogen-bond acceptors (Lipinski definition) is 3. The average molecular weight is 303 g/mol. The second-order valence-electron chi connectivity index (χ2n) is 4.22. The number of nitrogens with one attached hydrogen (secondary N) is 1. The average Bonchev–Trinajstić information content (AvgIpc) is 2.51. The van der Waals surface area contributed by atoms with Crippen molar-refractivity contribution in [2.24, 2.45) is 0 Å². The lowest BCUT2D eigenvalue weighted by molar-refractivity contribution is -0.120. The first-order valence-corrected chi connectivity index (χ1v) is 7.09. The number of fused-ring (bicyclic) bond motifs is 1. The zero-order valence-electron chi connectivity index (χ0n) is 11.4. The molecule has 0 atom stereocenters. The van der Waals surface area contributed by atoms with Gasteiger partial charge in [-0.05, 0) is 18.2 Å². The molecule has 0 bridgehead atoms. The third kappa shape index (κ3) is 4.97. The number of amides is 1. The highest BCUT2D eigenvalue weighted by molar-refractivity contribution is 6.18. The van der Waals surface area contributed by atoms with Crippen LogP contribution in [0.15, 0.2) is 36.5 Å². The van der Waals surface area contributed by atoms with Gasteiger partial charge in [0.1, 0.15) is 12.4 Å². The molecule has 21 heavy (non-hydrogen) atoms. The van der Waals surface area contributed by atoms with Gasteiger partial charge < -0.3 is 10.1 Å². The van der Waals surface area contributed by atoms with E-state index >= 15 is 0 Å². The molecule has 0 aliphatic carbocycles. The normalized spacial score (nSPS) is 9.76. The van der Waals surface area contributed by atoms with Gasteiger partial charge in [0.05, 0.1) is 12.1 Å². The number of aromatic nitrogens is 1. The van der Waals surface area contributed by atoms with Crippen LogP contribution >= 0.6 is 11.6 Å². The first-order valence-electron chi connectivity index (χ1n) is 6.55. The van der Waals surface area contributed by atoms with Gasteiger partial charge in [0.2, 0.25) is 5.91 Å². The number of ether oxygens (including phenoxy) is 1.